The number of benzene rings is 1. The van der Waals surface area contributed by atoms with Gasteiger partial charge in [0, 0.05) is 22.8 Å². The van der Waals surface area contributed by atoms with Gasteiger partial charge >= 0.3 is 0 Å². The molecule has 0 aliphatic carbocycles. The molecule has 0 saturated carbocycles. The van der Waals surface area contributed by atoms with Crippen LogP contribution in [0.2, 0.25) is 5.02 Å². The highest BCUT2D eigenvalue weighted by molar-refractivity contribution is 6.31. The van der Waals surface area contributed by atoms with E-state index in [9.17, 15) is 9.18 Å². The van der Waals surface area contributed by atoms with Crippen LogP contribution >= 0.6 is 11.6 Å². The number of hydrogen-bond acceptors (Lipinski definition) is 2. The number of halogens is 2. The van der Waals surface area contributed by atoms with E-state index < -0.39 is 6.67 Å². The summed E-state index contributed by atoms with van der Waals surface area (Å²) < 4.78 is 13.6. The summed E-state index contributed by atoms with van der Waals surface area (Å²) in [5.74, 6) is 0.0965. The SMILES string of the molecule is CCc1ccc(C(=O)Nc2ccn(CCF)n2)cc1Cl. The Bertz CT molecular complexity index is 612. The predicted octanol–water partition coefficient (Wildman–Crippen LogP) is 3.32. The highest BCUT2D eigenvalue weighted by atomic mass is 35.5. The van der Waals surface area contributed by atoms with Gasteiger partial charge in [-0.3, -0.25) is 9.48 Å². The molecule has 2 aromatic rings. The molecule has 0 atom stereocenters. The van der Waals surface area contributed by atoms with E-state index in [1.54, 1.807) is 24.4 Å². The maximum Gasteiger partial charge on any atom is 0.256 e. The van der Waals surface area contributed by atoms with Crippen molar-refractivity contribution in [3.05, 3.63) is 46.6 Å². The third-order valence-corrected chi connectivity index (χ3v) is 3.24. The Hall–Kier alpha value is -1.88. The van der Waals surface area contributed by atoms with Crippen LogP contribution in [-0.4, -0.2) is 22.4 Å². The first-order valence-corrected chi connectivity index (χ1v) is 6.71. The summed E-state index contributed by atoms with van der Waals surface area (Å²) in [6.45, 7) is 1.68. The van der Waals surface area contributed by atoms with E-state index in [1.165, 1.54) is 4.68 Å². The summed E-state index contributed by atoms with van der Waals surface area (Å²) in [6, 6.07) is 6.81. The van der Waals surface area contributed by atoms with Crippen LogP contribution < -0.4 is 5.32 Å². The first kappa shape index (κ1) is 14.5. The van der Waals surface area contributed by atoms with Gasteiger partial charge in [-0.1, -0.05) is 24.6 Å². The molecule has 0 radical (unpaired) electrons. The summed E-state index contributed by atoms with van der Waals surface area (Å²) in [4.78, 5) is 12.0. The maximum atomic E-state index is 12.2. The van der Waals surface area contributed by atoms with Gasteiger partial charge in [-0.05, 0) is 24.1 Å². The van der Waals surface area contributed by atoms with Crippen LogP contribution in [0.5, 0.6) is 0 Å². The largest absolute Gasteiger partial charge is 0.305 e. The molecule has 0 saturated heterocycles. The van der Waals surface area contributed by atoms with Crippen molar-refractivity contribution >= 4 is 23.3 Å². The van der Waals surface area contributed by atoms with Gasteiger partial charge < -0.3 is 5.32 Å². The molecule has 20 heavy (non-hydrogen) atoms. The second-order valence-corrected chi connectivity index (χ2v) is 4.67. The fraction of sp³-hybridized carbons (Fsp3) is 0.286. The van der Waals surface area contributed by atoms with Crippen LogP contribution in [0.4, 0.5) is 10.2 Å². The minimum atomic E-state index is -0.497. The average Bonchev–Trinajstić information content (AvgIpc) is 2.86. The predicted molar refractivity (Wildman–Crippen MR) is 77.0 cm³/mol. The number of alkyl halides is 1. The van der Waals surface area contributed by atoms with Gasteiger partial charge in [-0.15, -0.1) is 0 Å². The normalized spacial score (nSPS) is 10.6. The number of hydrogen-bond donors (Lipinski definition) is 1. The van der Waals surface area contributed by atoms with E-state index in [2.05, 4.69) is 10.4 Å². The van der Waals surface area contributed by atoms with Gasteiger partial charge in [0.1, 0.15) is 6.67 Å². The summed E-state index contributed by atoms with van der Waals surface area (Å²) in [5, 5.41) is 7.26. The van der Waals surface area contributed by atoms with Crippen LogP contribution in [0.3, 0.4) is 0 Å². The zero-order valence-corrected chi connectivity index (χ0v) is 11.8. The smallest absolute Gasteiger partial charge is 0.256 e. The lowest BCUT2D eigenvalue weighted by Crippen LogP contribution is -2.13. The maximum absolute atomic E-state index is 12.2. The second kappa shape index (κ2) is 6.52. The molecule has 106 valence electrons. The first-order valence-electron chi connectivity index (χ1n) is 6.33. The molecule has 6 heteroatoms. The molecule has 4 nitrogen and oxygen atoms in total. The number of rotatable bonds is 5. The number of nitrogens with one attached hydrogen (secondary N) is 1. The van der Waals surface area contributed by atoms with Crippen molar-refractivity contribution in [2.45, 2.75) is 19.9 Å². The van der Waals surface area contributed by atoms with Crippen molar-refractivity contribution < 1.29 is 9.18 Å². The van der Waals surface area contributed by atoms with Crippen molar-refractivity contribution in [2.75, 3.05) is 12.0 Å². The van der Waals surface area contributed by atoms with E-state index in [1.807, 2.05) is 13.0 Å². The van der Waals surface area contributed by atoms with Gasteiger partial charge in [0.05, 0.1) is 6.54 Å². The van der Waals surface area contributed by atoms with Crippen molar-refractivity contribution in [1.82, 2.24) is 9.78 Å². The van der Waals surface area contributed by atoms with Crippen LogP contribution in [-0.2, 0) is 13.0 Å². The van der Waals surface area contributed by atoms with Gasteiger partial charge in [0.15, 0.2) is 5.82 Å². The number of nitrogens with zero attached hydrogens (tertiary/aromatic N) is 2. The van der Waals surface area contributed by atoms with Crippen LogP contribution in [0.25, 0.3) is 0 Å². The summed E-state index contributed by atoms with van der Waals surface area (Å²) >= 11 is 6.08. The Balaban J connectivity index is 2.09. The molecule has 0 unspecified atom stereocenters. The zero-order valence-electron chi connectivity index (χ0n) is 11.1. The molecule has 2 rings (SSSR count). The fourth-order valence-electron chi connectivity index (χ4n) is 1.80. The van der Waals surface area contributed by atoms with Gasteiger partial charge in [-0.2, -0.15) is 5.10 Å². The summed E-state index contributed by atoms with van der Waals surface area (Å²) in [6.07, 6.45) is 2.43. The molecule has 1 amide bonds. The molecule has 0 spiro atoms. The number of amides is 1. The molecule has 0 aliphatic heterocycles. The van der Waals surface area contributed by atoms with Crippen molar-refractivity contribution in [1.29, 1.82) is 0 Å². The molecule has 1 aromatic heterocycles. The number of anilines is 1. The molecular formula is C14H15ClFN3O. The molecule has 0 fully saturated rings. The van der Waals surface area contributed by atoms with E-state index in [0.29, 0.717) is 16.4 Å². The molecule has 1 N–H and O–H groups in total. The Morgan fingerprint density at radius 1 is 1.45 bits per heavy atom. The van der Waals surface area contributed by atoms with E-state index >= 15 is 0 Å². The highest BCUT2D eigenvalue weighted by Crippen LogP contribution is 2.19. The van der Waals surface area contributed by atoms with Crippen molar-refractivity contribution in [3.8, 4) is 0 Å². The Labute approximate surface area is 121 Å². The lowest BCUT2D eigenvalue weighted by molar-refractivity contribution is 0.102. The van der Waals surface area contributed by atoms with Crippen LogP contribution in [0, 0.1) is 0 Å². The monoisotopic (exact) mass is 295 g/mol. The molecule has 0 bridgehead atoms. The standard InChI is InChI=1S/C14H15ClFN3O/c1-2-10-3-4-11(9-12(10)15)14(20)17-13-5-7-19(18-13)8-6-16/h3-5,7,9H,2,6,8H2,1H3,(H,17,18,20). The lowest BCUT2D eigenvalue weighted by Gasteiger charge is -2.05. The summed E-state index contributed by atoms with van der Waals surface area (Å²) in [5.41, 5.74) is 1.46. The highest BCUT2D eigenvalue weighted by Gasteiger charge is 2.10. The minimum absolute atomic E-state index is 0.174. The van der Waals surface area contributed by atoms with E-state index in [0.717, 1.165) is 12.0 Å². The first-order chi connectivity index (χ1) is 9.63. The van der Waals surface area contributed by atoms with Crippen molar-refractivity contribution in [3.63, 3.8) is 0 Å². The number of carbonyl (C=O) groups is 1. The summed E-state index contributed by atoms with van der Waals surface area (Å²) in [7, 11) is 0. The van der Waals surface area contributed by atoms with Crippen LogP contribution in [0.15, 0.2) is 30.5 Å². The Kier molecular flexibility index (Phi) is 4.74. The third kappa shape index (κ3) is 3.36. The second-order valence-electron chi connectivity index (χ2n) is 4.27. The van der Waals surface area contributed by atoms with E-state index in [4.69, 9.17) is 11.6 Å². The fourth-order valence-corrected chi connectivity index (χ4v) is 2.12. The minimum Gasteiger partial charge on any atom is -0.305 e. The molecule has 1 aromatic carbocycles. The molecule has 1 heterocycles. The zero-order chi connectivity index (χ0) is 14.5. The number of carbonyl (C=O) groups excluding carboxylic acids is 1. The number of aryl methyl sites for hydroxylation is 2. The lowest BCUT2D eigenvalue weighted by atomic mass is 10.1. The Morgan fingerprint density at radius 2 is 2.25 bits per heavy atom. The van der Waals surface area contributed by atoms with Gasteiger partial charge in [0.2, 0.25) is 0 Å². The molecule has 0 aliphatic rings. The van der Waals surface area contributed by atoms with Gasteiger partial charge in [-0.25, -0.2) is 4.39 Å². The van der Waals surface area contributed by atoms with Crippen LogP contribution in [0.1, 0.15) is 22.8 Å². The molecular weight excluding hydrogens is 281 g/mol. The number of aromatic nitrogens is 2. The van der Waals surface area contributed by atoms with Crippen molar-refractivity contribution in [2.24, 2.45) is 0 Å². The van der Waals surface area contributed by atoms with E-state index in [-0.39, 0.29) is 12.5 Å². The topological polar surface area (TPSA) is 46.9 Å². The quantitative estimate of drug-likeness (QED) is 0.920. The average molecular weight is 296 g/mol. The third-order valence-electron chi connectivity index (χ3n) is 2.89. The Morgan fingerprint density at radius 3 is 2.90 bits per heavy atom. The van der Waals surface area contributed by atoms with Gasteiger partial charge in [0.25, 0.3) is 5.91 Å².